The van der Waals surface area contributed by atoms with Gasteiger partial charge in [-0.3, -0.25) is 0 Å². The van der Waals surface area contributed by atoms with E-state index in [1.807, 2.05) is 18.3 Å². The van der Waals surface area contributed by atoms with Gasteiger partial charge in [0, 0.05) is 17.2 Å². The van der Waals surface area contributed by atoms with Gasteiger partial charge in [0.15, 0.2) is 5.65 Å². The summed E-state index contributed by atoms with van der Waals surface area (Å²) in [5.74, 6) is 0.561. The van der Waals surface area contributed by atoms with E-state index in [2.05, 4.69) is 45.2 Å². The molecule has 1 saturated carbocycles. The highest BCUT2D eigenvalue weighted by Crippen LogP contribution is 2.40. The van der Waals surface area contributed by atoms with E-state index in [4.69, 9.17) is 0 Å². The molecule has 2 heterocycles. The number of nitrogens with one attached hydrogen (secondary N) is 1. The van der Waals surface area contributed by atoms with Gasteiger partial charge >= 0.3 is 0 Å². The van der Waals surface area contributed by atoms with E-state index in [0.717, 1.165) is 35.8 Å². The summed E-state index contributed by atoms with van der Waals surface area (Å²) in [4.78, 5) is 4.41. The first-order valence-electron chi connectivity index (χ1n) is 7.34. The Morgan fingerprint density at radius 1 is 1.29 bits per heavy atom. The number of nitrogens with zero attached hydrogens (tertiary/aromatic N) is 3. The molecule has 3 rings (SSSR count). The molecule has 0 saturated heterocycles. The van der Waals surface area contributed by atoms with Gasteiger partial charge in [-0.2, -0.15) is 4.98 Å². The SMILES string of the molecule is CC1(C)CCC(O)(CNc2nc3ccc(Br)cn3n2)CC1. The van der Waals surface area contributed by atoms with Crippen LogP contribution in [0.3, 0.4) is 0 Å². The van der Waals surface area contributed by atoms with Crippen molar-refractivity contribution in [1.82, 2.24) is 14.6 Å². The fraction of sp³-hybridized carbons (Fsp3) is 0.600. The molecular formula is C15H21BrN4O. The van der Waals surface area contributed by atoms with Crippen molar-refractivity contribution in [3.8, 4) is 0 Å². The largest absolute Gasteiger partial charge is 0.388 e. The molecule has 2 aromatic heterocycles. The summed E-state index contributed by atoms with van der Waals surface area (Å²) >= 11 is 3.41. The minimum atomic E-state index is -0.645. The Bertz CT molecular complexity index is 642. The molecule has 0 aliphatic heterocycles. The number of fused-ring (bicyclic) bond motifs is 1. The van der Waals surface area contributed by atoms with Crippen LogP contribution in [0.5, 0.6) is 0 Å². The predicted octanol–water partition coefficient (Wildman–Crippen LogP) is 3.24. The lowest BCUT2D eigenvalue weighted by atomic mass is 9.71. The lowest BCUT2D eigenvalue weighted by molar-refractivity contribution is -0.0146. The van der Waals surface area contributed by atoms with Gasteiger partial charge in [0.25, 0.3) is 0 Å². The van der Waals surface area contributed by atoms with Gasteiger partial charge < -0.3 is 10.4 Å². The lowest BCUT2D eigenvalue weighted by Crippen LogP contribution is -2.42. The molecule has 0 atom stereocenters. The van der Waals surface area contributed by atoms with Crippen molar-refractivity contribution >= 4 is 27.5 Å². The highest BCUT2D eigenvalue weighted by molar-refractivity contribution is 9.10. The number of aromatic nitrogens is 3. The van der Waals surface area contributed by atoms with Crippen LogP contribution in [-0.2, 0) is 0 Å². The molecule has 0 aromatic carbocycles. The molecule has 2 N–H and O–H groups in total. The topological polar surface area (TPSA) is 62.5 Å². The standard InChI is InChI=1S/C15H21BrN4O/c1-14(2)5-7-15(21,8-6-14)10-17-13-18-12-4-3-11(16)9-20(12)19-13/h3-4,9,21H,5-8,10H2,1-2H3,(H,17,19). The van der Waals surface area contributed by atoms with Crippen LogP contribution in [0.4, 0.5) is 5.95 Å². The van der Waals surface area contributed by atoms with Crippen molar-refractivity contribution in [1.29, 1.82) is 0 Å². The summed E-state index contributed by atoms with van der Waals surface area (Å²) in [5, 5.41) is 18.2. The van der Waals surface area contributed by atoms with E-state index in [1.165, 1.54) is 0 Å². The van der Waals surface area contributed by atoms with Gasteiger partial charge in [-0.15, -0.1) is 5.10 Å². The summed E-state index contributed by atoms with van der Waals surface area (Å²) in [6.45, 7) is 5.03. The van der Waals surface area contributed by atoms with E-state index >= 15 is 0 Å². The van der Waals surface area contributed by atoms with Crippen molar-refractivity contribution in [3.63, 3.8) is 0 Å². The van der Waals surface area contributed by atoms with Crippen LogP contribution in [0.25, 0.3) is 5.65 Å². The van der Waals surface area contributed by atoms with E-state index in [-0.39, 0.29) is 0 Å². The number of rotatable bonds is 3. The Morgan fingerprint density at radius 3 is 2.71 bits per heavy atom. The normalized spacial score (nSPS) is 20.6. The van der Waals surface area contributed by atoms with E-state index in [1.54, 1.807) is 4.52 Å². The number of hydrogen-bond donors (Lipinski definition) is 2. The second kappa shape index (κ2) is 5.25. The molecule has 5 nitrogen and oxygen atoms in total. The molecule has 114 valence electrons. The summed E-state index contributed by atoms with van der Waals surface area (Å²) < 4.78 is 2.68. The van der Waals surface area contributed by atoms with Gasteiger partial charge in [0.2, 0.25) is 5.95 Å². The predicted molar refractivity (Wildman–Crippen MR) is 86.4 cm³/mol. The first kappa shape index (κ1) is 14.8. The first-order chi connectivity index (χ1) is 9.85. The lowest BCUT2D eigenvalue weighted by Gasteiger charge is -2.40. The highest BCUT2D eigenvalue weighted by atomic mass is 79.9. The fourth-order valence-corrected chi connectivity index (χ4v) is 3.07. The molecule has 0 bridgehead atoms. The zero-order valence-corrected chi connectivity index (χ0v) is 14.0. The minimum absolute atomic E-state index is 0.347. The van der Waals surface area contributed by atoms with E-state index in [9.17, 15) is 5.11 Å². The Balaban J connectivity index is 1.66. The summed E-state index contributed by atoms with van der Waals surface area (Å²) in [7, 11) is 0. The van der Waals surface area contributed by atoms with Crippen LogP contribution in [0.1, 0.15) is 39.5 Å². The van der Waals surface area contributed by atoms with Crippen molar-refractivity contribution in [2.45, 2.75) is 45.1 Å². The smallest absolute Gasteiger partial charge is 0.243 e. The Morgan fingerprint density at radius 2 is 2.00 bits per heavy atom. The second-order valence-electron chi connectivity index (χ2n) is 6.83. The summed E-state index contributed by atoms with van der Waals surface area (Å²) in [5.41, 5.74) is 0.491. The maximum Gasteiger partial charge on any atom is 0.243 e. The maximum absolute atomic E-state index is 10.7. The third kappa shape index (κ3) is 3.37. The van der Waals surface area contributed by atoms with Gasteiger partial charge in [0.05, 0.1) is 5.60 Å². The molecule has 6 heteroatoms. The zero-order valence-electron chi connectivity index (χ0n) is 12.4. The highest BCUT2D eigenvalue weighted by Gasteiger charge is 2.36. The Labute approximate surface area is 132 Å². The molecule has 21 heavy (non-hydrogen) atoms. The van der Waals surface area contributed by atoms with Gasteiger partial charge in [-0.05, 0) is 59.2 Å². The van der Waals surface area contributed by atoms with Crippen molar-refractivity contribution in [3.05, 3.63) is 22.8 Å². The van der Waals surface area contributed by atoms with Crippen LogP contribution in [0.2, 0.25) is 0 Å². The minimum Gasteiger partial charge on any atom is -0.388 e. The number of pyridine rings is 1. The monoisotopic (exact) mass is 352 g/mol. The molecule has 2 aromatic rings. The van der Waals surface area contributed by atoms with Crippen LogP contribution in [0.15, 0.2) is 22.8 Å². The maximum atomic E-state index is 10.7. The molecule has 0 amide bonds. The molecule has 1 fully saturated rings. The van der Waals surface area contributed by atoms with Crippen LogP contribution in [-0.4, -0.2) is 31.9 Å². The van der Waals surface area contributed by atoms with Crippen molar-refractivity contribution < 1.29 is 5.11 Å². The Hall–Kier alpha value is -1.14. The molecule has 0 spiro atoms. The van der Waals surface area contributed by atoms with Crippen LogP contribution in [0, 0.1) is 5.41 Å². The number of halogens is 1. The zero-order chi connectivity index (χ0) is 15.1. The summed E-state index contributed by atoms with van der Waals surface area (Å²) in [6, 6.07) is 3.84. The van der Waals surface area contributed by atoms with Crippen LogP contribution >= 0.6 is 15.9 Å². The molecule has 0 unspecified atom stereocenters. The fourth-order valence-electron chi connectivity index (χ4n) is 2.75. The molecule has 1 aliphatic rings. The van der Waals surface area contributed by atoms with E-state index < -0.39 is 5.60 Å². The number of aliphatic hydroxyl groups is 1. The summed E-state index contributed by atoms with van der Waals surface area (Å²) in [6.07, 6.45) is 5.62. The molecule has 1 aliphatic carbocycles. The molecule has 0 radical (unpaired) electrons. The van der Waals surface area contributed by atoms with Crippen molar-refractivity contribution in [2.24, 2.45) is 5.41 Å². The van der Waals surface area contributed by atoms with Gasteiger partial charge in [-0.25, -0.2) is 4.52 Å². The average Bonchev–Trinajstić information content (AvgIpc) is 2.83. The third-order valence-corrected chi connectivity index (χ3v) is 4.87. The van der Waals surface area contributed by atoms with Crippen LogP contribution < -0.4 is 5.32 Å². The third-order valence-electron chi connectivity index (χ3n) is 4.40. The number of hydrogen-bond acceptors (Lipinski definition) is 4. The second-order valence-corrected chi connectivity index (χ2v) is 7.74. The quantitative estimate of drug-likeness (QED) is 0.889. The van der Waals surface area contributed by atoms with Gasteiger partial charge in [0.1, 0.15) is 0 Å². The number of anilines is 1. The van der Waals surface area contributed by atoms with Crippen molar-refractivity contribution in [2.75, 3.05) is 11.9 Å². The van der Waals surface area contributed by atoms with Gasteiger partial charge in [-0.1, -0.05) is 13.8 Å². The Kier molecular flexibility index (Phi) is 3.69. The average molecular weight is 353 g/mol. The first-order valence-corrected chi connectivity index (χ1v) is 8.13. The molecular weight excluding hydrogens is 332 g/mol. The van der Waals surface area contributed by atoms with E-state index in [0.29, 0.717) is 17.9 Å².